The van der Waals surface area contributed by atoms with Crippen molar-refractivity contribution in [3.63, 3.8) is 0 Å². The van der Waals surface area contributed by atoms with Crippen molar-refractivity contribution in [1.29, 1.82) is 0 Å². The molecule has 0 saturated carbocycles. The third-order valence-corrected chi connectivity index (χ3v) is 3.27. The molecule has 2 aliphatic rings. The Hall–Kier alpha value is -0.610. The van der Waals surface area contributed by atoms with Crippen LogP contribution in [0, 0.1) is 0 Å². The molecule has 2 heterocycles. The minimum atomic E-state index is 0.0562. The zero-order valence-electron chi connectivity index (χ0n) is 9.22. The molecular formula is C11H21N3O. The fourth-order valence-electron chi connectivity index (χ4n) is 2.35. The summed E-state index contributed by atoms with van der Waals surface area (Å²) in [6.45, 7) is 3.01. The second-order valence-electron chi connectivity index (χ2n) is 4.55. The second-order valence-corrected chi connectivity index (χ2v) is 4.55. The Balaban J connectivity index is 1.74. The molecule has 2 fully saturated rings. The van der Waals surface area contributed by atoms with Gasteiger partial charge in [0.05, 0.1) is 6.04 Å². The van der Waals surface area contributed by atoms with Crippen LogP contribution < -0.4 is 16.0 Å². The Morgan fingerprint density at radius 3 is 2.73 bits per heavy atom. The maximum atomic E-state index is 11.9. The Morgan fingerprint density at radius 2 is 2.07 bits per heavy atom. The Labute approximate surface area is 91.2 Å². The van der Waals surface area contributed by atoms with Crippen LogP contribution in [0.15, 0.2) is 0 Å². The minimum absolute atomic E-state index is 0.0562. The molecule has 15 heavy (non-hydrogen) atoms. The van der Waals surface area contributed by atoms with Crippen LogP contribution in [0.25, 0.3) is 0 Å². The number of nitrogens with one attached hydrogen (secondary N) is 3. The van der Waals surface area contributed by atoms with Crippen molar-refractivity contribution in [1.82, 2.24) is 16.0 Å². The Morgan fingerprint density at radius 1 is 1.13 bits per heavy atom. The lowest BCUT2D eigenvalue weighted by molar-refractivity contribution is -0.124. The van der Waals surface area contributed by atoms with E-state index in [9.17, 15) is 4.79 Å². The largest absolute Gasteiger partial charge is 0.351 e. The van der Waals surface area contributed by atoms with Crippen LogP contribution in [0.1, 0.15) is 32.1 Å². The molecule has 0 unspecified atom stereocenters. The summed E-state index contributed by atoms with van der Waals surface area (Å²) in [6.07, 6.45) is 5.66. The van der Waals surface area contributed by atoms with E-state index in [1.165, 1.54) is 19.3 Å². The van der Waals surface area contributed by atoms with Gasteiger partial charge in [-0.1, -0.05) is 6.42 Å². The normalized spacial score (nSPS) is 32.3. The third-order valence-electron chi connectivity index (χ3n) is 3.27. The molecule has 4 heteroatoms. The van der Waals surface area contributed by atoms with Crippen LogP contribution in [-0.4, -0.2) is 37.6 Å². The van der Waals surface area contributed by atoms with Crippen LogP contribution in [0.4, 0.5) is 0 Å². The molecular weight excluding hydrogens is 190 g/mol. The topological polar surface area (TPSA) is 53.2 Å². The van der Waals surface area contributed by atoms with Gasteiger partial charge in [-0.2, -0.15) is 0 Å². The first-order valence-electron chi connectivity index (χ1n) is 6.11. The summed E-state index contributed by atoms with van der Waals surface area (Å²) < 4.78 is 0. The number of carbonyl (C=O) groups is 1. The van der Waals surface area contributed by atoms with Crippen LogP contribution in [0.5, 0.6) is 0 Å². The van der Waals surface area contributed by atoms with Crippen LogP contribution >= 0.6 is 0 Å². The molecule has 0 aromatic rings. The minimum Gasteiger partial charge on any atom is -0.351 e. The van der Waals surface area contributed by atoms with Crippen molar-refractivity contribution in [3.8, 4) is 0 Å². The molecule has 0 aromatic heterocycles. The van der Waals surface area contributed by atoms with Gasteiger partial charge in [-0.25, -0.2) is 0 Å². The van der Waals surface area contributed by atoms with Gasteiger partial charge in [-0.15, -0.1) is 0 Å². The van der Waals surface area contributed by atoms with E-state index in [-0.39, 0.29) is 11.9 Å². The first-order valence-corrected chi connectivity index (χ1v) is 6.11. The molecule has 4 nitrogen and oxygen atoms in total. The van der Waals surface area contributed by atoms with E-state index >= 15 is 0 Å². The summed E-state index contributed by atoms with van der Waals surface area (Å²) >= 11 is 0. The van der Waals surface area contributed by atoms with E-state index in [0.29, 0.717) is 6.04 Å². The fraction of sp³-hybridized carbons (Fsp3) is 0.909. The molecule has 2 aliphatic heterocycles. The Kier molecular flexibility index (Phi) is 3.97. The predicted molar refractivity (Wildman–Crippen MR) is 59.7 cm³/mol. The number of amides is 1. The molecule has 0 aliphatic carbocycles. The number of hydrogen-bond acceptors (Lipinski definition) is 3. The molecule has 2 rings (SSSR count). The van der Waals surface area contributed by atoms with Crippen LogP contribution in [-0.2, 0) is 4.79 Å². The summed E-state index contributed by atoms with van der Waals surface area (Å²) in [4.78, 5) is 11.9. The zero-order valence-corrected chi connectivity index (χ0v) is 9.22. The highest BCUT2D eigenvalue weighted by Crippen LogP contribution is 2.08. The number of hydrogen-bond donors (Lipinski definition) is 3. The van der Waals surface area contributed by atoms with E-state index in [2.05, 4.69) is 16.0 Å². The average Bonchev–Trinajstić information content (AvgIpc) is 2.31. The van der Waals surface area contributed by atoms with Crippen LogP contribution in [0.3, 0.4) is 0 Å². The molecule has 0 spiro atoms. The first-order chi connectivity index (χ1) is 7.36. The molecule has 0 radical (unpaired) electrons. The molecule has 86 valence electrons. The fourth-order valence-corrected chi connectivity index (χ4v) is 2.35. The summed E-state index contributed by atoms with van der Waals surface area (Å²) in [5, 5.41) is 9.71. The van der Waals surface area contributed by atoms with Gasteiger partial charge in [0.1, 0.15) is 0 Å². The van der Waals surface area contributed by atoms with Gasteiger partial charge in [0.15, 0.2) is 0 Å². The average molecular weight is 211 g/mol. The molecule has 2 saturated heterocycles. The van der Waals surface area contributed by atoms with Crippen LogP contribution in [0.2, 0.25) is 0 Å². The SMILES string of the molecule is O=C(N[C@@H]1CCCNC1)[C@H]1CCCCN1. The lowest BCUT2D eigenvalue weighted by Crippen LogP contribution is -2.53. The van der Waals surface area contributed by atoms with E-state index in [0.717, 1.165) is 32.5 Å². The monoisotopic (exact) mass is 211 g/mol. The van der Waals surface area contributed by atoms with Gasteiger partial charge in [0.2, 0.25) is 5.91 Å². The molecule has 1 amide bonds. The van der Waals surface area contributed by atoms with Gasteiger partial charge < -0.3 is 16.0 Å². The highest BCUT2D eigenvalue weighted by Gasteiger charge is 2.23. The summed E-state index contributed by atoms with van der Waals surface area (Å²) in [6, 6.07) is 0.399. The third kappa shape index (κ3) is 3.18. The van der Waals surface area contributed by atoms with Crippen molar-refractivity contribution in [2.24, 2.45) is 0 Å². The van der Waals surface area contributed by atoms with Gasteiger partial charge >= 0.3 is 0 Å². The number of piperidine rings is 2. The van der Waals surface area contributed by atoms with Gasteiger partial charge in [0, 0.05) is 12.6 Å². The highest BCUT2D eigenvalue weighted by molar-refractivity contribution is 5.82. The highest BCUT2D eigenvalue weighted by atomic mass is 16.2. The van der Waals surface area contributed by atoms with E-state index in [1.807, 2.05) is 0 Å². The summed E-state index contributed by atoms with van der Waals surface area (Å²) in [5.41, 5.74) is 0. The van der Waals surface area contributed by atoms with E-state index in [4.69, 9.17) is 0 Å². The molecule has 3 N–H and O–H groups in total. The lowest BCUT2D eigenvalue weighted by atomic mass is 10.0. The quantitative estimate of drug-likeness (QED) is 0.602. The van der Waals surface area contributed by atoms with Crippen molar-refractivity contribution >= 4 is 5.91 Å². The summed E-state index contributed by atoms with van der Waals surface area (Å²) in [7, 11) is 0. The lowest BCUT2D eigenvalue weighted by Gasteiger charge is -2.28. The van der Waals surface area contributed by atoms with Crippen molar-refractivity contribution in [2.75, 3.05) is 19.6 Å². The first kappa shape index (κ1) is 10.9. The van der Waals surface area contributed by atoms with Crippen molar-refractivity contribution < 1.29 is 4.79 Å². The standard InChI is InChI=1S/C11H21N3O/c15-11(10-5-1-2-7-13-10)14-9-4-3-6-12-8-9/h9-10,12-13H,1-8H2,(H,14,15)/t9-,10-/m1/s1. The van der Waals surface area contributed by atoms with Gasteiger partial charge in [-0.3, -0.25) is 4.79 Å². The number of rotatable bonds is 2. The molecule has 0 bridgehead atoms. The molecule has 0 aromatic carbocycles. The predicted octanol–water partition coefficient (Wildman–Crippen LogP) is -0.00330. The van der Waals surface area contributed by atoms with Crippen molar-refractivity contribution in [3.05, 3.63) is 0 Å². The van der Waals surface area contributed by atoms with Gasteiger partial charge in [-0.05, 0) is 38.8 Å². The number of carbonyl (C=O) groups excluding carboxylic acids is 1. The smallest absolute Gasteiger partial charge is 0.237 e. The second kappa shape index (κ2) is 5.47. The maximum absolute atomic E-state index is 11.9. The Bertz CT molecular complexity index is 208. The zero-order chi connectivity index (χ0) is 10.5. The van der Waals surface area contributed by atoms with Crippen molar-refractivity contribution in [2.45, 2.75) is 44.2 Å². The summed E-state index contributed by atoms with van der Waals surface area (Å²) in [5.74, 6) is 0.198. The van der Waals surface area contributed by atoms with E-state index in [1.54, 1.807) is 0 Å². The van der Waals surface area contributed by atoms with Gasteiger partial charge in [0.25, 0.3) is 0 Å². The molecule has 2 atom stereocenters. The van der Waals surface area contributed by atoms with E-state index < -0.39 is 0 Å². The maximum Gasteiger partial charge on any atom is 0.237 e.